The van der Waals surface area contributed by atoms with Crippen LogP contribution in [0.5, 0.6) is 0 Å². The van der Waals surface area contributed by atoms with E-state index in [-0.39, 0.29) is 11.9 Å². The summed E-state index contributed by atoms with van der Waals surface area (Å²) in [4.78, 5) is 27.2. The Balaban J connectivity index is 1.27. The van der Waals surface area contributed by atoms with Crippen LogP contribution in [0.2, 0.25) is 0 Å². The van der Waals surface area contributed by atoms with Gasteiger partial charge in [-0.05, 0) is 23.6 Å². The fourth-order valence-electron chi connectivity index (χ4n) is 5.40. The minimum absolute atomic E-state index is 0.232. The number of nitrogens with zero attached hydrogens (tertiary/aromatic N) is 5. The van der Waals surface area contributed by atoms with E-state index >= 15 is 0 Å². The Morgan fingerprint density at radius 1 is 0.943 bits per heavy atom. The quantitative estimate of drug-likeness (QED) is 0.616. The Hall–Kier alpha value is -2.74. The highest BCUT2D eigenvalue weighted by Gasteiger charge is 2.32. The molecule has 35 heavy (non-hydrogen) atoms. The van der Waals surface area contributed by atoms with E-state index in [1.807, 2.05) is 4.90 Å². The molecular formula is C28H37N5O2. The summed E-state index contributed by atoms with van der Waals surface area (Å²) in [7, 11) is 0. The number of aliphatic imine (C=N–C) groups is 1. The van der Waals surface area contributed by atoms with Gasteiger partial charge in [0.1, 0.15) is 5.84 Å². The molecule has 0 radical (unpaired) electrons. The van der Waals surface area contributed by atoms with Gasteiger partial charge in [0.25, 0.3) is 0 Å². The topological polar surface area (TPSA) is 51.6 Å². The number of amides is 1. The summed E-state index contributed by atoms with van der Waals surface area (Å²) < 4.78 is 5.39. The van der Waals surface area contributed by atoms with Gasteiger partial charge in [-0.25, -0.2) is 4.99 Å². The number of ether oxygens (including phenoxy) is 1. The first-order valence-electron chi connectivity index (χ1n) is 13.0. The van der Waals surface area contributed by atoms with E-state index in [4.69, 9.17) is 9.73 Å². The number of rotatable bonds is 7. The van der Waals surface area contributed by atoms with E-state index in [1.165, 1.54) is 17.0 Å². The van der Waals surface area contributed by atoms with Gasteiger partial charge in [0.15, 0.2) is 0 Å². The summed E-state index contributed by atoms with van der Waals surface area (Å²) in [6.45, 7) is 11.0. The van der Waals surface area contributed by atoms with Crippen molar-refractivity contribution in [3.8, 4) is 0 Å². The minimum Gasteiger partial charge on any atom is -0.378 e. The van der Waals surface area contributed by atoms with E-state index in [0.717, 1.165) is 64.5 Å². The molecule has 3 aliphatic rings. The SMILES string of the molecule is CCC(C1=Nc2ccccc2CN1Cc1ccccc1)N1CCN(CC(=O)N2CCOCC2)CC1. The lowest BCUT2D eigenvalue weighted by Gasteiger charge is -2.43. The van der Waals surface area contributed by atoms with Crippen LogP contribution in [0.25, 0.3) is 0 Å². The van der Waals surface area contributed by atoms with E-state index < -0.39 is 0 Å². The van der Waals surface area contributed by atoms with Gasteiger partial charge in [-0.2, -0.15) is 0 Å². The van der Waals surface area contributed by atoms with Crippen molar-refractivity contribution in [2.75, 3.05) is 59.0 Å². The number of hydrogen-bond donors (Lipinski definition) is 0. The Morgan fingerprint density at radius 3 is 2.40 bits per heavy atom. The lowest BCUT2D eigenvalue weighted by molar-refractivity contribution is -0.136. The summed E-state index contributed by atoms with van der Waals surface area (Å²) in [5.41, 5.74) is 3.69. The zero-order chi connectivity index (χ0) is 24.0. The zero-order valence-electron chi connectivity index (χ0n) is 20.8. The Morgan fingerprint density at radius 2 is 1.66 bits per heavy atom. The van der Waals surface area contributed by atoms with Gasteiger partial charge >= 0.3 is 0 Å². The summed E-state index contributed by atoms with van der Waals surface area (Å²) in [5.74, 6) is 1.41. The number of carbonyl (C=O) groups excluding carboxylic acids is 1. The largest absolute Gasteiger partial charge is 0.378 e. The molecule has 2 saturated heterocycles. The Labute approximate surface area is 209 Å². The van der Waals surface area contributed by atoms with Gasteiger partial charge in [0.2, 0.25) is 5.91 Å². The molecule has 186 valence electrons. The standard InChI is InChI=1S/C28H37N5O2/c1-2-26(31-14-12-30(13-15-31)22-27(34)32-16-18-35-19-17-32)28-29-25-11-7-6-10-24(25)21-33(28)20-23-8-4-3-5-9-23/h3-11,26H,2,12-22H2,1H3. The first-order valence-corrected chi connectivity index (χ1v) is 13.0. The molecule has 3 heterocycles. The minimum atomic E-state index is 0.232. The molecule has 1 atom stereocenters. The van der Waals surface area contributed by atoms with Crippen LogP contribution in [0.15, 0.2) is 59.6 Å². The first kappa shape index (κ1) is 24.0. The van der Waals surface area contributed by atoms with Gasteiger partial charge in [-0.3, -0.25) is 14.6 Å². The number of amidine groups is 1. The van der Waals surface area contributed by atoms with Crippen molar-refractivity contribution in [3.05, 3.63) is 65.7 Å². The van der Waals surface area contributed by atoms with Crippen molar-refractivity contribution in [1.82, 2.24) is 19.6 Å². The van der Waals surface area contributed by atoms with E-state index in [1.54, 1.807) is 0 Å². The molecule has 2 fully saturated rings. The summed E-state index contributed by atoms with van der Waals surface area (Å²) >= 11 is 0. The van der Waals surface area contributed by atoms with Crippen molar-refractivity contribution in [2.45, 2.75) is 32.5 Å². The number of morpholine rings is 1. The van der Waals surface area contributed by atoms with Crippen molar-refractivity contribution >= 4 is 17.4 Å². The third-order valence-electron chi connectivity index (χ3n) is 7.38. The lowest BCUT2D eigenvalue weighted by atomic mass is 10.0. The van der Waals surface area contributed by atoms with Gasteiger partial charge in [-0.15, -0.1) is 0 Å². The van der Waals surface area contributed by atoms with Crippen LogP contribution >= 0.6 is 0 Å². The van der Waals surface area contributed by atoms with Crippen molar-refractivity contribution in [1.29, 1.82) is 0 Å². The molecule has 7 nitrogen and oxygen atoms in total. The van der Waals surface area contributed by atoms with E-state index in [2.05, 4.69) is 76.2 Å². The third-order valence-corrected chi connectivity index (χ3v) is 7.38. The molecule has 2 aromatic rings. The van der Waals surface area contributed by atoms with Gasteiger partial charge in [0, 0.05) is 52.4 Å². The maximum Gasteiger partial charge on any atom is 0.236 e. The molecule has 0 aromatic heterocycles. The maximum absolute atomic E-state index is 12.7. The summed E-state index contributed by atoms with van der Waals surface area (Å²) in [6.07, 6.45) is 1.01. The number of fused-ring (bicyclic) bond motifs is 1. The number of piperazine rings is 1. The second-order valence-corrected chi connectivity index (χ2v) is 9.67. The molecule has 7 heteroatoms. The number of benzene rings is 2. The molecule has 1 amide bonds. The zero-order valence-corrected chi connectivity index (χ0v) is 20.8. The molecule has 1 unspecified atom stereocenters. The van der Waals surface area contributed by atoms with Crippen LogP contribution < -0.4 is 0 Å². The first-order chi connectivity index (χ1) is 17.2. The van der Waals surface area contributed by atoms with Crippen molar-refractivity contribution in [3.63, 3.8) is 0 Å². The lowest BCUT2D eigenvalue weighted by Crippen LogP contribution is -2.57. The molecular weight excluding hydrogens is 438 g/mol. The number of para-hydroxylation sites is 1. The predicted molar refractivity (Wildman–Crippen MR) is 139 cm³/mol. The third kappa shape index (κ3) is 5.74. The van der Waals surface area contributed by atoms with Crippen LogP contribution in [-0.4, -0.2) is 96.4 Å². The molecule has 0 aliphatic carbocycles. The summed E-state index contributed by atoms with van der Waals surface area (Å²) in [6, 6.07) is 19.5. The fraction of sp³-hybridized carbons (Fsp3) is 0.500. The second-order valence-electron chi connectivity index (χ2n) is 9.67. The monoisotopic (exact) mass is 475 g/mol. The predicted octanol–water partition coefficient (Wildman–Crippen LogP) is 2.99. The Bertz CT molecular complexity index is 1010. The van der Waals surface area contributed by atoms with Crippen LogP contribution in [0.3, 0.4) is 0 Å². The molecule has 0 spiro atoms. The molecule has 2 aromatic carbocycles. The molecule has 0 N–H and O–H groups in total. The van der Waals surface area contributed by atoms with E-state index in [0.29, 0.717) is 19.8 Å². The smallest absolute Gasteiger partial charge is 0.236 e. The van der Waals surface area contributed by atoms with Crippen LogP contribution in [0.1, 0.15) is 24.5 Å². The van der Waals surface area contributed by atoms with Crippen molar-refractivity contribution < 1.29 is 9.53 Å². The maximum atomic E-state index is 12.7. The average Bonchev–Trinajstić information content (AvgIpc) is 2.91. The van der Waals surface area contributed by atoms with Crippen LogP contribution in [-0.2, 0) is 22.6 Å². The van der Waals surface area contributed by atoms with Crippen LogP contribution in [0.4, 0.5) is 5.69 Å². The number of hydrogen-bond acceptors (Lipinski definition) is 6. The molecule has 0 saturated carbocycles. The highest BCUT2D eigenvalue weighted by Crippen LogP contribution is 2.29. The molecule has 0 bridgehead atoms. The average molecular weight is 476 g/mol. The molecule has 5 rings (SSSR count). The van der Waals surface area contributed by atoms with Gasteiger partial charge in [0.05, 0.1) is 31.5 Å². The van der Waals surface area contributed by atoms with E-state index in [9.17, 15) is 4.79 Å². The molecule has 3 aliphatic heterocycles. The number of carbonyl (C=O) groups is 1. The summed E-state index contributed by atoms with van der Waals surface area (Å²) in [5, 5.41) is 0. The highest BCUT2D eigenvalue weighted by molar-refractivity contribution is 5.91. The second kappa shape index (κ2) is 11.3. The van der Waals surface area contributed by atoms with Gasteiger partial charge in [-0.1, -0.05) is 55.5 Å². The van der Waals surface area contributed by atoms with Crippen molar-refractivity contribution in [2.24, 2.45) is 4.99 Å². The van der Waals surface area contributed by atoms with Gasteiger partial charge < -0.3 is 14.5 Å². The fourth-order valence-corrected chi connectivity index (χ4v) is 5.40. The highest BCUT2D eigenvalue weighted by atomic mass is 16.5. The Kier molecular flexibility index (Phi) is 7.76. The van der Waals surface area contributed by atoms with Crippen LogP contribution in [0, 0.1) is 0 Å². The normalized spacial score (nSPS) is 20.3.